The second-order valence-electron chi connectivity index (χ2n) is 2.15. The van der Waals surface area contributed by atoms with E-state index in [4.69, 9.17) is 5.26 Å². The molecule has 0 N–H and O–H groups in total. The standard InChI is InChI=1S/C6H4F3N3/c1-12-4(3-10)2-5(11-12)6(7,8)9/h2H,1H3. The number of nitrogens with zero attached hydrogens (tertiary/aromatic N) is 3. The highest BCUT2D eigenvalue weighted by Crippen LogP contribution is 2.27. The van der Waals surface area contributed by atoms with E-state index in [-0.39, 0.29) is 5.69 Å². The lowest BCUT2D eigenvalue weighted by Crippen LogP contribution is -2.06. The summed E-state index contributed by atoms with van der Waals surface area (Å²) >= 11 is 0. The van der Waals surface area contributed by atoms with E-state index in [1.165, 1.54) is 7.05 Å². The topological polar surface area (TPSA) is 41.6 Å². The Hall–Kier alpha value is -1.51. The first-order valence-corrected chi connectivity index (χ1v) is 2.96. The van der Waals surface area contributed by atoms with E-state index in [0.717, 1.165) is 4.68 Å². The van der Waals surface area contributed by atoms with Gasteiger partial charge in [0.05, 0.1) is 0 Å². The summed E-state index contributed by atoms with van der Waals surface area (Å²) in [7, 11) is 1.29. The first kappa shape index (κ1) is 8.59. The molecule has 0 amide bonds. The molecule has 3 nitrogen and oxygen atoms in total. The van der Waals surface area contributed by atoms with E-state index < -0.39 is 11.9 Å². The van der Waals surface area contributed by atoms with Gasteiger partial charge in [0.25, 0.3) is 0 Å². The van der Waals surface area contributed by atoms with E-state index >= 15 is 0 Å². The van der Waals surface area contributed by atoms with Crippen molar-refractivity contribution in [1.82, 2.24) is 9.78 Å². The maximum absolute atomic E-state index is 11.9. The molecule has 1 rings (SSSR count). The lowest BCUT2D eigenvalue weighted by molar-refractivity contribution is -0.141. The van der Waals surface area contributed by atoms with Crippen LogP contribution in [0.15, 0.2) is 6.07 Å². The fraction of sp³-hybridized carbons (Fsp3) is 0.333. The van der Waals surface area contributed by atoms with E-state index in [9.17, 15) is 13.2 Å². The Labute approximate surface area is 66.0 Å². The average Bonchev–Trinajstić information content (AvgIpc) is 2.29. The Morgan fingerprint density at radius 2 is 2.17 bits per heavy atom. The highest BCUT2D eigenvalue weighted by atomic mass is 19.4. The van der Waals surface area contributed by atoms with Crippen LogP contribution in [0.25, 0.3) is 0 Å². The fourth-order valence-electron chi connectivity index (χ4n) is 0.710. The first-order valence-electron chi connectivity index (χ1n) is 2.96. The van der Waals surface area contributed by atoms with Crippen molar-refractivity contribution in [2.24, 2.45) is 7.05 Å². The van der Waals surface area contributed by atoms with Crippen molar-refractivity contribution in [3.8, 4) is 6.07 Å². The van der Waals surface area contributed by atoms with E-state index in [1.54, 1.807) is 6.07 Å². The van der Waals surface area contributed by atoms with Crippen molar-refractivity contribution in [1.29, 1.82) is 5.26 Å². The predicted octanol–water partition coefficient (Wildman–Crippen LogP) is 1.31. The van der Waals surface area contributed by atoms with Crippen LogP contribution in [0.3, 0.4) is 0 Å². The Morgan fingerprint density at radius 1 is 1.58 bits per heavy atom. The summed E-state index contributed by atoms with van der Waals surface area (Å²) in [5, 5.41) is 11.4. The summed E-state index contributed by atoms with van der Waals surface area (Å²) < 4.78 is 36.7. The summed E-state index contributed by atoms with van der Waals surface area (Å²) in [6, 6.07) is 2.30. The number of aromatic nitrogens is 2. The van der Waals surface area contributed by atoms with Gasteiger partial charge in [-0.25, -0.2) is 0 Å². The SMILES string of the molecule is Cn1nc(C(F)(F)F)cc1C#N. The highest BCUT2D eigenvalue weighted by molar-refractivity contribution is 5.24. The molecule has 0 saturated heterocycles. The van der Waals surface area contributed by atoms with Gasteiger partial charge >= 0.3 is 6.18 Å². The van der Waals surface area contributed by atoms with Crippen LogP contribution < -0.4 is 0 Å². The highest BCUT2D eigenvalue weighted by Gasteiger charge is 2.34. The first-order chi connectivity index (χ1) is 5.45. The van der Waals surface area contributed by atoms with Crippen molar-refractivity contribution >= 4 is 0 Å². The zero-order valence-corrected chi connectivity index (χ0v) is 6.05. The molecule has 1 aromatic heterocycles. The van der Waals surface area contributed by atoms with Gasteiger partial charge in [0, 0.05) is 13.1 Å². The lowest BCUT2D eigenvalue weighted by Gasteiger charge is -1.98. The molecular formula is C6H4F3N3. The van der Waals surface area contributed by atoms with Crippen molar-refractivity contribution in [2.45, 2.75) is 6.18 Å². The van der Waals surface area contributed by atoms with Gasteiger partial charge in [-0.2, -0.15) is 23.5 Å². The van der Waals surface area contributed by atoms with Gasteiger partial charge in [-0.3, -0.25) is 4.68 Å². The number of nitriles is 1. The smallest absolute Gasteiger partial charge is 0.257 e. The third-order valence-corrected chi connectivity index (χ3v) is 1.28. The number of alkyl halides is 3. The molecule has 0 aliphatic carbocycles. The maximum atomic E-state index is 11.9. The van der Waals surface area contributed by atoms with Gasteiger partial charge in [0.2, 0.25) is 0 Å². The van der Waals surface area contributed by atoms with Crippen molar-refractivity contribution < 1.29 is 13.2 Å². The van der Waals surface area contributed by atoms with Gasteiger partial charge in [-0.1, -0.05) is 0 Å². The van der Waals surface area contributed by atoms with E-state index in [0.29, 0.717) is 6.07 Å². The summed E-state index contributed by atoms with van der Waals surface area (Å²) in [5.74, 6) is 0. The molecule has 0 radical (unpaired) electrons. The van der Waals surface area contributed by atoms with Crippen LogP contribution in [-0.4, -0.2) is 9.78 Å². The van der Waals surface area contributed by atoms with Gasteiger partial charge in [-0.05, 0) is 0 Å². The number of rotatable bonds is 0. The zero-order chi connectivity index (χ0) is 9.35. The minimum atomic E-state index is -4.48. The minimum Gasteiger partial charge on any atom is -0.257 e. The summed E-state index contributed by atoms with van der Waals surface area (Å²) in [5.41, 5.74) is -1.15. The summed E-state index contributed by atoms with van der Waals surface area (Å²) in [4.78, 5) is 0. The van der Waals surface area contributed by atoms with E-state index in [1.807, 2.05) is 0 Å². The number of hydrogen-bond acceptors (Lipinski definition) is 2. The average molecular weight is 175 g/mol. The second-order valence-corrected chi connectivity index (χ2v) is 2.15. The molecule has 1 aromatic rings. The van der Waals surface area contributed by atoms with Gasteiger partial charge in [0.15, 0.2) is 5.69 Å². The van der Waals surface area contributed by atoms with Crippen molar-refractivity contribution in [3.05, 3.63) is 17.5 Å². The number of halogens is 3. The molecule has 0 bridgehead atoms. The Kier molecular flexibility index (Phi) is 1.80. The van der Waals surface area contributed by atoms with Crippen LogP contribution in [0.1, 0.15) is 11.4 Å². The van der Waals surface area contributed by atoms with Crippen LogP contribution in [-0.2, 0) is 13.2 Å². The Morgan fingerprint density at radius 3 is 2.42 bits per heavy atom. The molecule has 0 saturated carbocycles. The van der Waals surface area contributed by atoms with Gasteiger partial charge in [0.1, 0.15) is 11.8 Å². The molecule has 0 aliphatic heterocycles. The Balaban J connectivity index is 3.16. The molecule has 1 heterocycles. The molecule has 6 heteroatoms. The summed E-state index contributed by atoms with van der Waals surface area (Å²) in [6.07, 6.45) is -4.48. The molecule has 0 atom stereocenters. The minimum absolute atomic E-state index is 0.109. The van der Waals surface area contributed by atoms with Gasteiger partial charge < -0.3 is 0 Å². The van der Waals surface area contributed by atoms with Crippen molar-refractivity contribution in [3.63, 3.8) is 0 Å². The van der Waals surface area contributed by atoms with E-state index in [2.05, 4.69) is 5.10 Å². The third-order valence-electron chi connectivity index (χ3n) is 1.28. The second kappa shape index (κ2) is 2.52. The quantitative estimate of drug-likeness (QED) is 0.596. The maximum Gasteiger partial charge on any atom is 0.435 e. The number of hydrogen-bond donors (Lipinski definition) is 0. The largest absolute Gasteiger partial charge is 0.435 e. The fourth-order valence-corrected chi connectivity index (χ4v) is 0.710. The molecule has 0 spiro atoms. The molecule has 64 valence electrons. The van der Waals surface area contributed by atoms with Crippen LogP contribution in [0, 0.1) is 11.3 Å². The van der Waals surface area contributed by atoms with Crippen LogP contribution >= 0.6 is 0 Å². The molecule has 0 aliphatic rings. The van der Waals surface area contributed by atoms with Crippen LogP contribution in [0.5, 0.6) is 0 Å². The molecule has 12 heavy (non-hydrogen) atoms. The monoisotopic (exact) mass is 175 g/mol. The molecular weight excluding hydrogens is 171 g/mol. The zero-order valence-electron chi connectivity index (χ0n) is 6.05. The van der Waals surface area contributed by atoms with Crippen LogP contribution in [0.2, 0.25) is 0 Å². The lowest BCUT2D eigenvalue weighted by atomic mass is 10.3. The normalized spacial score (nSPS) is 11.2. The van der Waals surface area contributed by atoms with Gasteiger partial charge in [-0.15, -0.1) is 0 Å². The molecule has 0 fully saturated rings. The molecule has 0 unspecified atom stereocenters. The molecule has 0 aromatic carbocycles. The number of aryl methyl sites for hydroxylation is 1. The Bertz CT molecular complexity index is 331. The van der Waals surface area contributed by atoms with Crippen LogP contribution in [0.4, 0.5) is 13.2 Å². The predicted molar refractivity (Wildman–Crippen MR) is 32.9 cm³/mol. The third kappa shape index (κ3) is 1.39. The summed E-state index contributed by atoms with van der Waals surface area (Å²) in [6.45, 7) is 0. The van der Waals surface area contributed by atoms with Crippen molar-refractivity contribution in [2.75, 3.05) is 0 Å².